The first-order valence-electron chi connectivity index (χ1n) is 6.97. The fraction of sp³-hybridized carbons (Fsp3) is 0.500. The van der Waals surface area contributed by atoms with Crippen molar-refractivity contribution in [3.05, 3.63) is 29.8 Å². The van der Waals surface area contributed by atoms with Gasteiger partial charge >= 0.3 is 5.97 Å². The summed E-state index contributed by atoms with van der Waals surface area (Å²) < 4.78 is 4.99. The van der Waals surface area contributed by atoms with Gasteiger partial charge in [0.1, 0.15) is 5.75 Å². The van der Waals surface area contributed by atoms with E-state index in [2.05, 4.69) is 0 Å². The van der Waals surface area contributed by atoms with Gasteiger partial charge in [0.05, 0.1) is 0 Å². The molecule has 0 radical (unpaired) electrons. The van der Waals surface area contributed by atoms with E-state index in [1.165, 1.54) is 32.6 Å². The van der Waals surface area contributed by atoms with Gasteiger partial charge in [-0.1, -0.05) is 37.8 Å². The van der Waals surface area contributed by atoms with Crippen LogP contribution in [0.4, 0.5) is 0 Å². The van der Waals surface area contributed by atoms with Crippen LogP contribution in [0.15, 0.2) is 24.3 Å². The van der Waals surface area contributed by atoms with E-state index >= 15 is 0 Å². The summed E-state index contributed by atoms with van der Waals surface area (Å²) in [6, 6.07) is 6.87. The van der Waals surface area contributed by atoms with Crippen molar-refractivity contribution < 1.29 is 14.3 Å². The van der Waals surface area contributed by atoms with E-state index in [-0.39, 0.29) is 11.8 Å². The lowest BCUT2D eigenvalue weighted by Gasteiger charge is -2.08. The molecule has 1 aliphatic rings. The van der Waals surface area contributed by atoms with Crippen molar-refractivity contribution in [3.63, 3.8) is 0 Å². The number of benzene rings is 1. The molecule has 19 heavy (non-hydrogen) atoms. The molecule has 1 aromatic rings. The van der Waals surface area contributed by atoms with Gasteiger partial charge in [-0.05, 0) is 24.5 Å². The van der Waals surface area contributed by atoms with E-state index < -0.39 is 0 Å². The predicted molar refractivity (Wildman–Crippen MR) is 73.3 cm³/mol. The van der Waals surface area contributed by atoms with Crippen molar-refractivity contribution in [2.75, 3.05) is 0 Å². The SMILES string of the molecule is CC(=O)Oc1cccc(C(=O)CCC2CCCC2)c1. The second kappa shape index (κ2) is 6.50. The van der Waals surface area contributed by atoms with Crippen LogP contribution in [0.5, 0.6) is 5.75 Å². The molecule has 0 aromatic heterocycles. The Balaban J connectivity index is 1.92. The summed E-state index contributed by atoms with van der Waals surface area (Å²) in [5.41, 5.74) is 0.636. The maximum atomic E-state index is 12.1. The van der Waals surface area contributed by atoms with E-state index in [0.29, 0.717) is 17.7 Å². The summed E-state index contributed by atoms with van der Waals surface area (Å²) in [5.74, 6) is 0.941. The highest BCUT2D eigenvalue weighted by atomic mass is 16.5. The minimum absolute atomic E-state index is 0.140. The predicted octanol–water partition coefficient (Wildman–Crippen LogP) is 3.77. The van der Waals surface area contributed by atoms with E-state index in [1.54, 1.807) is 24.3 Å². The fourth-order valence-electron chi connectivity index (χ4n) is 2.68. The van der Waals surface area contributed by atoms with Gasteiger partial charge in [0.25, 0.3) is 0 Å². The number of carbonyl (C=O) groups excluding carboxylic acids is 2. The molecule has 0 unspecified atom stereocenters. The summed E-state index contributed by atoms with van der Waals surface area (Å²) in [7, 11) is 0. The Morgan fingerprint density at radius 3 is 2.68 bits per heavy atom. The van der Waals surface area contributed by atoms with Gasteiger partial charge in [-0.25, -0.2) is 0 Å². The third-order valence-electron chi connectivity index (χ3n) is 3.67. The normalized spacial score (nSPS) is 15.4. The molecule has 0 bridgehead atoms. The largest absolute Gasteiger partial charge is 0.427 e. The Kier molecular flexibility index (Phi) is 4.72. The topological polar surface area (TPSA) is 43.4 Å². The van der Waals surface area contributed by atoms with Gasteiger partial charge < -0.3 is 4.74 Å². The molecule has 1 aromatic carbocycles. The Bertz CT molecular complexity index is 459. The van der Waals surface area contributed by atoms with Crippen LogP contribution >= 0.6 is 0 Å². The number of ketones is 1. The Hall–Kier alpha value is -1.64. The average Bonchev–Trinajstić information content (AvgIpc) is 2.88. The van der Waals surface area contributed by atoms with E-state index in [4.69, 9.17) is 4.74 Å². The van der Waals surface area contributed by atoms with Gasteiger partial charge in [-0.15, -0.1) is 0 Å². The lowest BCUT2D eigenvalue weighted by Crippen LogP contribution is -2.05. The smallest absolute Gasteiger partial charge is 0.308 e. The van der Waals surface area contributed by atoms with Crippen LogP contribution in [0.25, 0.3) is 0 Å². The number of esters is 1. The Labute approximate surface area is 114 Å². The number of hydrogen-bond donors (Lipinski definition) is 0. The molecule has 3 nitrogen and oxygen atoms in total. The lowest BCUT2D eigenvalue weighted by molar-refractivity contribution is -0.131. The van der Waals surface area contributed by atoms with Crippen molar-refractivity contribution >= 4 is 11.8 Å². The fourth-order valence-corrected chi connectivity index (χ4v) is 2.68. The van der Waals surface area contributed by atoms with Crippen LogP contribution in [0, 0.1) is 5.92 Å². The summed E-state index contributed by atoms with van der Waals surface area (Å²) >= 11 is 0. The van der Waals surface area contributed by atoms with Crippen LogP contribution < -0.4 is 4.74 Å². The lowest BCUT2D eigenvalue weighted by atomic mass is 9.97. The molecule has 0 atom stereocenters. The standard InChI is InChI=1S/C16H20O3/c1-12(17)19-15-8-4-7-14(11-15)16(18)10-9-13-5-2-3-6-13/h4,7-8,11,13H,2-3,5-6,9-10H2,1H3. The monoisotopic (exact) mass is 260 g/mol. The second-order valence-electron chi connectivity index (χ2n) is 5.23. The number of ether oxygens (including phenoxy) is 1. The second-order valence-corrected chi connectivity index (χ2v) is 5.23. The maximum Gasteiger partial charge on any atom is 0.308 e. The molecular weight excluding hydrogens is 240 g/mol. The van der Waals surface area contributed by atoms with Crippen molar-refractivity contribution in [2.24, 2.45) is 5.92 Å². The molecule has 0 spiro atoms. The van der Waals surface area contributed by atoms with E-state index in [1.807, 2.05) is 0 Å². The summed E-state index contributed by atoms with van der Waals surface area (Å²) in [6.45, 7) is 1.36. The van der Waals surface area contributed by atoms with Gasteiger partial charge in [0.15, 0.2) is 5.78 Å². The highest BCUT2D eigenvalue weighted by molar-refractivity contribution is 5.96. The Morgan fingerprint density at radius 2 is 2.00 bits per heavy atom. The average molecular weight is 260 g/mol. The summed E-state index contributed by atoms with van der Waals surface area (Å²) in [5, 5.41) is 0. The molecule has 1 aliphatic carbocycles. The van der Waals surface area contributed by atoms with E-state index in [0.717, 1.165) is 12.3 Å². The Morgan fingerprint density at radius 1 is 1.26 bits per heavy atom. The van der Waals surface area contributed by atoms with Gasteiger partial charge in [-0.3, -0.25) is 9.59 Å². The molecule has 1 saturated carbocycles. The molecule has 0 amide bonds. The first kappa shape index (κ1) is 13.8. The molecule has 3 heteroatoms. The molecule has 0 heterocycles. The van der Waals surface area contributed by atoms with Crippen LogP contribution in [0.1, 0.15) is 55.8 Å². The van der Waals surface area contributed by atoms with Crippen LogP contribution in [0.3, 0.4) is 0 Å². The zero-order valence-electron chi connectivity index (χ0n) is 11.4. The first-order chi connectivity index (χ1) is 9.15. The van der Waals surface area contributed by atoms with Crippen molar-refractivity contribution in [3.8, 4) is 5.75 Å². The number of rotatable bonds is 5. The number of Topliss-reactive ketones (excluding diaryl/α,β-unsaturated/α-hetero) is 1. The van der Waals surface area contributed by atoms with Gasteiger partial charge in [0.2, 0.25) is 0 Å². The minimum Gasteiger partial charge on any atom is -0.427 e. The first-order valence-corrected chi connectivity index (χ1v) is 6.97. The molecule has 0 N–H and O–H groups in total. The van der Waals surface area contributed by atoms with Crippen molar-refractivity contribution in [1.29, 1.82) is 0 Å². The number of carbonyl (C=O) groups is 2. The third kappa shape index (κ3) is 4.19. The van der Waals surface area contributed by atoms with Gasteiger partial charge in [-0.2, -0.15) is 0 Å². The molecule has 102 valence electrons. The van der Waals surface area contributed by atoms with E-state index in [9.17, 15) is 9.59 Å². The zero-order chi connectivity index (χ0) is 13.7. The molecule has 2 rings (SSSR count). The van der Waals surface area contributed by atoms with Crippen molar-refractivity contribution in [2.45, 2.75) is 45.4 Å². The van der Waals surface area contributed by atoms with Crippen molar-refractivity contribution in [1.82, 2.24) is 0 Å². The summed E-state index contributed by atoms with van der Waals surface area (Å²) in [4.78, 5) is 23.0. The highest BCUT2D eigenvalue weighted by Crippen LogP contribution is 2.29. The van der Waals surface area contributed by atoms with Crippen LogP contribution in [-0.4, -0.2) is 11.8 Å². The molecule has 1 fully saturated rings. The maximum absolute atomic E-state index is 12.1. The van der Waals surface area contributed by atoms with Crippen LogP contribution in [-0.2, 0) is 4.79 Å². The minimum atomic E-state index is -0.365. The summed E-state index contributed by atoms with van der Waals surface area (Å²) in [6.07, 6.45) is 6.72. The molecular formula is C16H20O3. The third-order valence-corrected chi connectivity index (χ3v) is 3.67. The van der Waals surface area contributed by atoms with Crippen LogP contribution in [0.2, 0.25) is 0 Å². The van der Waals surface area contributed by atoms with Gasteiger partial charge in [0, 0.05) is 18.9 Å². The zero-order valence-corrected chi connectivity index (χ0v) is 11.4. The molecule has 0 aliphatic heterocycles. The quantitative estimate of drug-likeness (QED) is 0.460. The number of hydrogen-bond acceptors (Lipinski definition) is 3. The highest BCUT2D eigenvalue weighted by Gasteiger charge is 2.17. The molecule has 0 saturated heterocycles.